The number of aliphatic hydroxyl groups excluding tert-OH is 1. The molecule has 6 heteroatoms. The van der Waals surface area contributed by atoms with E-state index in [-0.39, 0.29) is 18.3 Å². The third kappa shape index (κ3) is 7.65. The van der Waals surface area contributed by atoms with Gasteiger partial charge < -0.3 is 19.4 Å². The van der Waals surface area contributed by atoms with Gasteiger partial charge in [0.15, 0.2) is 0 Å². The Morgan fingerprint density at radius 3 is 2.65 bits per heavy atom. The number of benzene rings is 2. The molecule has 0 saturated carbocycles. The van der Waals surface area contributed by atoms with Crippen molar-refractivity contribution in [2.45, 2.75) is 51.5 Å². The standard InChI is InChI=1S/C25H34N2O4/c1-25(2,3)30-18-21(28)16-27(15-19-9-8-12-22(13-19)29-4)17-23-14-24(26-31-23)20-10-6-5-7-11-20/h5-13,21,23,28H,14-18H2,1-4H3/t21-,23+/m0/s1. The summed E-state index contributed by atoms with van der Waals surface area (Å²) in [5.74, 6) is 0.820. The van der Waals surface area contributed by atoms with Crippen LogP contribution in [0.3, 0.4) is 0 Å². The topological polar surface area (TPSA) is 63.5 Å². The van der Waals surface area contributed by atoms with Crippen molar-refractivity contribution in [2.75, 3.05) is 26.8 Å². The highest BCUT2D eigenvalue weighted by atomic mass is 16.6. The van der Waals surface area contributed by atoms with Crippen LogP contribution in [-0.4, -0.2) is 60.3 Å². The molecule has 0 fully saturated rings. The van der Waals surface area contributed by atoms with Gasteiger partial charge in [-0.15, -0.1) is 0 Å². The zero-order chi connectivity index (χ0) is 22.3. The number of hydrogen-bond donors (Lipinski definition) is 1. The minimum Gasteiger partial charge on any atom is -0.497 e. The summed E-state index contributed by atoms with van der Waals surface area (Å²) in [6.07, 6.45) is 0.0880. The van der Waals surface area contributed by atoms with Crippen LogP contribution < -0.4 is 4.74 Å². The molecule has 2 aromatic carbocycles. The molecule has 1 aliphatic heterocycles. The zero-order valence-corrected chi connectivity index (χ0v) is 19.0. The van der Waals surface area contributed by atoms with Gasteiger partial charge in [0.1, 0.15) is 11.9 Å². The minimum absolute atomic E-state index is 0.0588. The predicted molar refractivity (Wildman–Crippen MR) is 122 cm³/mol. The van der Waals surface area contributed by atoms with Crippen LogP contribution in [0.15, 0.2) is 59.8 Å². The molecule has 0 saturated heterocycles. The Kier molecular flexibility index (Phi) is 8.07. The van der Waals surface area contributed by atoms with Crippen LogP contribution in [-0.2, 0) is 16.1 Å². The second-order valence-electron chi connectivity index (χ2n) is 8.96. The van der Waals surface area contributed by atoms with Crippen LogP contribution in [0.25, 0.3) is 0 Å². The average Bonchev–Trinajstić information content (AvgIpc) is 3.21. The molecule has 1 heterocycles. The summed E-state index contributed by atoms with van der Waals surface area (Å²) in [6.45, 7) is 8.06. The van der Waals surface area contributed by atoms with Crippen LogP contribution in [0.1, 0.15) is 38.3 Å². The predicted octanol–water partition coefficient (Wildman–Crippen LogP) is 3.87. The summed E-state index contributed by atoms with van der Waals surface area (Å²) in [5, 5.41) is 14.9. The summed E-state index contributed by atoms with van der Waals surface area (Å²) in [5.41, 5.74) is 2.88. The minimum atomic E-state index is -0.597. The number of rotatable bonds is 10. The molecule has 168 valence electrons. The van der Waals surface area contributed by atoms with Gasteiger partial charge in [0.2, 0.25) is 0 Å². The summed E-state index contributed by atoms with van der Waals surface area (Å²) < 4.78 is 11.1. The molecule has 1 N–H and O–H groups in total. The highest BCUT2D eigenvalue weighted by molar-refractivity contribution is 6.01. The molecule has 0 aliphatic carbocycles. The molecule has 3 rings (SSSR count). The molecule has 0 spiro atoms. The lowest BCUT2D eigenvalue weighted by molar-refractivity contribution is -0.0600. The van der Waals surface area contributed by atoms with Gasteiger partial charge in [-0.05, 0) is 44.0 Å². The van der Waals surface area contributed by atoms with E-state index in [1.165, 1.54) is 0 Å². The fraction of sp³-hybridized carbons (Fsp3) is 0.480. The van der Waals surface area contributed by atoms with Crippen molar-refractivity contribution in [3.05, 3.63) is 65.7 Å². The van der Waals surface area contributed by atoms with Gasteiger partial charge in [-0.3, -0.25) is 4.90 Å². The largest absolute Gasteiger partial charge is 0.497 e. The van der Waals surface area contributed by atoms with E-state index in [9.17, 15) is 5.11 Å². The average molecular weight is 427 g/mol. The fourth-order valence-electron chi connectivity index (χ4n) is 3.54. The Morgan fingerprint density at radius 2 is 1.94 bits per heavy atom. The van der Waals surface area contributed by atoms with Crippen molar-refractivity contribution in [2.24, 2.45) is 5.16 Å². The highest BCUT2D eigenvalue weighted by Crippen LogP contribution is 2.20. The van der Waals surface area contributed by atoms with E-state index in [1.807, 2.05) is 69.3 Å². The quantitative estimate of drug-likeness (QED) is 0.625. The summed E-state index contributed by atoms with van der Waals surface area (Å²) in [6, 6.07) is 18.1. The number of methoxy groups -OCH3 is 1. The first-order valence-electron chi connectivity index (χ1n) is 10.8. The van der Waals surface area contributed by atoms with Crippen LogP contribution >= 0.6 is 0 Å². The first-order chi connectivity index (χ1) is 14.8. The molecule has 31 heavy (non-hydrogen) atoms. The van der Waals surface area contributed by atoms with E-state index < -0.39 is 6.10 Å². The molecule has 0 aromatic heterocycles. The molecule has 0 unspecified atom stereocenters. The van der Waals surface area contributed by atoms with E-state index in [2.05, 4.69) is 16.1 Å². The normalized spacial score (nSPS) is 17.4. The molecule has 0 bridgehead atoms. The van der Waals surface area contributed by atoms with Crippen molar-refractivity contribution >= 4 is 5.71 Å². The first-order valence-corrected chi connectivity index (χ1v) is 10.8. The lowest BCUT2D eigenvalue weighted by atomic mass is 10.0. The summed E-state index contributed by atoms with van der Waals surface area (Å²) in [4.78, 5) is 7.93. The van der Waals surface area contributed by atoms with Gasteiger partial charge in [-0.1, -0.05) is 47.6 Å². The maximum atomic E-state index is 10.6. The van der Waals surface area contributed by atoms with Crippen molar-refractivity contribution in [1.29, 1.82) is 0 Å². The molecule has 1 aliphatic rings. The zero-order valence-electron chi connectivity index (χ0n) is 19.0. The molecule has 0 amide bonds. The lowest BCUT2D eigenvalue weighted by Crippen LogP contribution is -2.40. The summed E-state index contributed by atoms with van der Waals surface area (Å²) >= 11 is 0. The summed E-state index contributed by atoms with van der Waals surface area (Å²) in [7, 11) is 1.67. The van der Waals surface area contributed by atoms with Gasteiger partial charge in [-0.25, -0.2) is 0 Å². The smallest absolute Gasteiger partial charge is 0.145 e. The number of nitrogens with zero attached hydrogens (tertiary/aromatic N) is 2. The number of oxime groups is 1. The first kappa shape index (κ1) is 23.3. The SMILES string of the molecule is COc1cccc(CN(C[C@H](O)COC(C)(C)C)C[C@H]2CC(c3ccccc3)=NO2)c1. The Hall–Kier alpha value is -2.41. The van der Waals surface area contributed by atoms with Crippen molar-refractivity contribution in [1.82, 2.24) is 4.90 Å². The van der Waals surface area contributed by atoms with E-state index in [1.54, 1.807) is 7.11 Å². The molecule has 0 radical (unpaired) electrons. The van der Waals surface area contributed by atoms with E-state index in [0.29, 0.717) is 19.6 Å². The van der Waals surface area contributed by atoms with Crippen LogP contribution in [0.5, 0.6) is 5.75 Å². The lowest BCUT2D eigenvalue weighted by Gasteiger charge is -2.28. The van der Waals surface area contributed by atoms with Crippen LogP contribution in [0.2, 0.25) is 0 Å². The Bertz CT molecular complexity index is 848. The number of aliphatic hydroxyl groups is 1. The molecule has 6 nitrogen and oxygen atoms in total. The van der Waals surface area contributed by atoms with Gasteiger partial charge in [0.25, 0.3) is 0 Å². The third-order valence-corrected chi connectivity index (χ3v) is 5.02. The highest BCUT2D eigenvalue weighted by Gasteiger charge is 2.26. The molecular weight excluding hydrogens is 392 g/mol. The maximum Gasteiger partial charge on any atom is 0.145 e. The van der Waals surface area contributed by atoms with E-state index >= 15 is 0 Å². The second-order valence-corrected chi connectivity index (χ2v) is 8.96. The van der Waals surface area contributed by atoms with Crippen molar-refractivity contribution in [3.8, 4) is 5.75 Å². The second kappa shape index (κ2) is 10.8. The fourth-order valence-corrected chi connectivity index (χ4v) is 3.54. The maximum absolute atomic E-state index is 10.6. The Morgan fingerprint density at radius 1 is 1.16 bits per heavy atom. The Balaban J connectivity index is 1.63. The molecule has 2 aromatic rings. The van der Waals surface area contributed by atoms with Crippen LogP contribution in [0, 0.1) is 0 Å². The molecule has 2 atom stereocenters. The van der Waals surface area contributed by atoms with Crippen molar-refractivity contribution < 1.29 is 19.4 Å². The number of hydrogen-bond acceptors (Lipinski definition) is 6. The Labute approximate surface area is 185 Å². The van der Waals surface area contributed by atoms with Gasteiger partial charge >= 0.3 is 0 Å². The van der Waals surface area contributed by atoms with Gasteiger partial charge in [0.05, 0.1) is 31.1 Å². The number of ether oxygens (including phenoxy) is 2. The molecular formula is C25H34N2O4. The van der Waals surface area contributed by atoms with E-state index in [4.69, 9.17) is 14.3 Å². The third-order valence-electron chi connectivity index (χ3n) is 5.02. The van der Waals surface area contributed by atoms with Gasteiger partial charge in [-0.2, -0.15) is 0 Å². The van der Waals surface area contributed by atoms with Crippen molar-refractivity contribution in [3.63, 3.8) is 0 Å². The monoisotopic (exact) mass is 426 g/mol. The van der Waals surface area contributed by atoms with Crippen LogP contribution in [0.4, 0.5) is 0 Å². The van der Waals surface area contributed by atoms with Gasteiger partial charge in [0, 0.05) is 26.1 Å². The van der Waals surface area contributed by atoms with E-state index in [0.717, 1.165) is 29.0 Å².